The maximum absolute atomic E-state index is 13.3. The molecular formula is C18H17FN2O2. The van der Waals surface area contributed by atoms with Gasteiger partial charge < -0.3 is 14.5 Å². The van der Waals surface area contributed by atoms with Crippen molar-refractivity contribution in [2.45, 2.75) is 13.3 Å². The Hall–Kier alpha value is -2.82. The zero-order chi connectivity index (χ0) is 16.4. The normalized spacial score (nSPS) is 10.7. The number of aromatic nitrogens is 2. The Morgan fingerprint density at radius 3 is 2.83 bits per heavy atom. The smallest absolute Gasteiger partial charge is 0.142 e. The van der Waals surface area contributed by atoms with Gasteiger partial charge in [0.2, 0.25) is 0 Å². The first-order valence-corrected chi connectivity index (χ1v) is 7.30. The highest BCUT2D eigenvalue weighted by Crippen LogP contribution is 2.33. The largest absolute Gasteiger partial charge is 0.496 e. The van der Waals surface area contributed by atoms with Gasteiger partial charge in [0.05, 0.1) is 29.5 Å². The Morgan fingerprint density at radius 1 is 1.26 bits per heavy atom. The molecular weight excluding hydrogens is 295 g/mol. The molecule has 0 saturated carbocycles. The second kappa shape index (κ2) is 6.12. The van der Waals surface area contributed by atoms with Crippen LogP contribution < -0.4 is 9.47 Å². The molecule has 4 nitrogen and oxygen atoms in total. The van der Waals surface area contributed by atoms with Crippen LogP contribution in [-0.2, 0) is 0 Å². The Kier molecular flexibility index (Phi) is 4.02. The quantitative estimate of drug-likeness (QED) is 0.696. The van der Waals surface area contributed by atoms with Crippen molar-refractivity contribution >= 4 is 11.0 Å². The van der Waals surface area contributed by atoms with Crippen molar-refractivity contribution in [2.24, 2.45) is 0 Å². The molecule has 0 spiro atoms. The topological polar surface area (TPSA) is 47.1 Å². The summed E-state index contributed by atoms with van der Waals surface area (Å²) in [6, 6.07) is 9.90. The van der Waals surface area contributed by atoms with Crippen LogP contribution in [0.4, 0.5) is 4.39 Å². The van der Waals surface area contributed by atoms with E-state index in [9.17, 15) is 4.39 Å². The summed E-state index contributed by atoms with van der Waals surface area (Å²) >= 11 is 0. The molecule has 1 N–H and O–H groups in total. The Bertz CT molecular complexity index is 871. The Morgan fingerprint density at radius 2 is 2.09 bits per heavy atom. The van der Waals surface area contributed by atoms with Gasteiger partial charge in [0, 0.05) is 12.5 Å². The highest BCUT2D eigenvalue weighted by atomic mass is 19.1. The Labute approximate surface area is 133 Å². The number of hydrogen-bond acceptors (Lipinski definition) is 3. The van der Waals surface area contributed by atoms with Crippen LogP contribution in [0.25, 0.3) is 22.4 Å². The summed E-state index contributed by atoms with van der Waals surface area (Å²) in [6.07, 6.45) is 0.735. The number of H-pyrrole nitrogens is 1. The van der Waals surface area contributed by atoms with Gasteiger partial charge in [0.25, 0.3) is 0 Å². The van der Waals surface area contributed by atoms with Gasteiger partial charge in [-0.3, -0.25) is 0 Å². The number of allylic oxidation sites excluding steroid dienone is 1. The minimum atomic E-state index is -0.304. The van der Waals surface area contributed by atoms with Crippen molar-refractivity contribution in [3.63, 3.8) is 0 Å². The van der Waals surface area contributed by atoms with Crippen molar-refractivity contribution in [3.05, 3.63) is 54.6 Å². The van der Waals surface area contributed by atoms with Crippen LogP contribution >= 0.6 is 0 Å². The van der Waals surface area contributed by atoms with Gasteiger partial charge in [-0.1, -0.05) is 13.5 Å². The van der Waals surface area contributed by atoms with Crippen LogP contribution in [0.15, 0.2) is 48.7 Å². The molecule has 0 fully saturated rings. The van der Waals surface area contributed by atoms with E-state index in [0.29, 0.717) is 34.1 Å². The van der Waals surface area contributed by atoms with Gasteiger partial charge in [-0.15, -0.1) is 0 Å². The number of aromatic amines is 1. The van der Waals surface area contributed by atoms with Gasteiger partial charge in [0.15, 0.2) is 0 Å². The lowest BCUT2D eigenvalue weighted by atomic mass is 10.2. The van der Waals surface area contributed by atoms with E-state index in [4.69, 9.17) is 9.47 Å². The molecule has 3 aromatic rings. The van der Waals surface area contributed by atoms with E-state index in [1.165, 1.54) is 12.1 Å². The molecule has 5 heteroatoms. The second-order valence-electron chi connectivity index (χ2n) is 5.10. The van der Waals surface area contributed by atoms with E-state index in [1.54, 1.807) is 19.2 Å². The Balaban J connectivity index is 2.01. The van der Waals surface area contributed by atoms with Crippen molar-refractivity contribution in [1.29, 1.82) is 0 Å². The third-order valence-corrected chi connectivity index (χ3v) is 3.53. The van der Waals surface area contributed by atoms with E-state index in [2.05, 4.69) is 16.5 Å². The van der Waals surface area contributed by atoms with Crippen LogP contribution in [0.1, 0.15) is 13.3 Å². The zero-order valence-corrected chi connectivity index (χ0v) is 13.0. The minimum Gasteiger partial charge on any atom is -0.496 e. The van der Waals surface area contributed by atoms with Crippen LogP contribution in [0, 0.1) is 5.82 Å². The minimum absolute atomic E-state index is 0.304. The number of imidazole rings is 1. The number of halogens is 1. The second-order valence-corrected chi connectivity index (χ2v) is 5.10. The standard InChI is InChI=1S/C18H17FN2O2/c1-4-11(2)23-13-6-7-14(17(10-13)22-3)18-20-15-8-5-12(19)9-16(15)21-18/h5-10H,2,4H2,1,3H3,(H,20,21). The molecule has 1 aromatic heterocycles. The number of benzene rings is 2. The lowest BCUT2D eigenvalue weighted by molar-refractivity contribution is 0.394. The highest BCUT2D eigenvalue weighted by Gasteiger charge is 2.12. The first-order valence-electron chi connectivity index (χ1n) is 7.30. The molecule has 118 valence electrons. The summed E-state index contributed by atoms with van der Waals surface area (Å²) < 4.78 is 24.4. The van der Waals surface area contributed by atoms with E-state index in [-0.39, 0.29) is 5.82 Å². The summed E-state index contributed by atoms with van der Waals surface area (Å²) in [5.41, 5.74) is 2.11. The fourth-order valence-electron chi connectivity index (χ4n) is 2.28. The average molecular weight is 312 g/mol. The number of methoxy groups -OCH3 is 1. The molecule has 0 unspecified atom stereocenters. The number of fused-ring (bicyclic) bond motifs is 1. The lowest BCUT2D eigenvalue weighted by Gasteiger charge is -2.11. The molecule has 0 saturated heterocycles. The highest BCUT2D eigenvalue weighted by molar-refractivity contribution is 5.80. The third-order valence-electron chi connectivity index (χ3n) is 3.53. The summed E-state index contributed by atoms with van der Waals surface area (Å²) in [4.78, 5) is 7.59. The van der Waals surface area contributed by atoms with Crippen molar-refractivity contribution in [2.75, 3.05) is 7.11 Å². The third kappa shape index (κ3) is 3.04. The number of rotatable bonds is 5. The van der Waals surface area contributed by atoms with Crippen LogP contribution in [0.2, 0.25) is 0 Å². The van der Waals surface area contributed by atoms with Gasteiger partial charge in [-0.25, -0.2) is 9.37 Å². The van der Waals surface area contributed by atoms with E-state index in [1.807, 2.05) is 19.1 Å². The maximum Gasteiger partial charge on any atom is 0.142 e. The predicted octanol–water partition coefficient (Wildman–Crippen LogP) is 4.68. The molecule has 1 heterocycles. The van der Waals surface area contributed by atoms with Crippen LogP contribution in [0.3, 0.4) is 0 Å². The molecule has 0 radical (unpaired) electrons. The molecule has 0 amide bonds. The first-order chi connectivity index (χ1) is 11.1. The molecule has 0 aliphatic rings. The fraction of sp³-hybridized carbons (Fsp3) is 0.167. The van der Waals surface area contributed by atoms with Crippen molar-refractivity contribution in [3.8, 4) is 22.9 Å². The number of ether oxygens (including phenoxy) is 2. The maximum atomic E-state index is 13.3. The first kappa shape index (κ1) is 15.1. The average Bonchev–Trinajstić information content (AvgIpc) is 2.97. The monoisotopic (exact) mass is 312 g/mol. The number of nitrogens with zero attached hydrogens (tertiary/aromatic N) is 1. The van der Waals surface area contributed by atoms with E-state index >= 15 is 0 Å². The SMILES string of the molecule is C=C(CC)Oc1ccc(-c2nc3ccc(F)cc3[nH]2)c(OC)c1. The summed E-state index contributed by atoms with van der Waals surface area (Å²) in [7, 11) is 1.58. The molecule has 23 heavy (non-hydrogen) atoms. The summed E-state index contributed by atoms with van der Waals surface area (Å²) in [5, 5.41) is 0. The summed E-state index contributed by atoms with van der Waals surface area (Å²) in [6.45, 7) is 5.80. The van der Waals surface area contributed by atoms with Gasteiger partial charge >= 0.3 is 0 Å². The van der Waals surface area contributed by atoms with E-state index < -0.39 is 0 Å². The van der Waals surface area contributed by atoms with Crippen LogP contribution in [0.5, 0.6) is 11.5 Å². The lowest BCUT2D eigenvalue weighted by Crippen LogP contribution is -1.94. The van der Waals surface area contributed by atoms with E-state index in [0.717, 1.165) is 12.0 Å². The zero-order valence-electron chi connectivity index (χ0n) is 13.0. The molecule has 2 aromatic carbocycles. The number of hydrogen-bond donors (Lipinski definition) is 1. The number of nitrogens with one attached hydrogen (secondary N) is 1. The van der Waals surface area contributed by atoms with Gasteiger partial charge in [-0.2, -0.15) is 0 Å². The molecule has 0 aliphatic heterocycles. The van der Waals surface area contributed by atoms with Crippen molar-refractivity contribution in [1.82, 2.24) is 9.97 Å². The molecule has 0 atom stereocenters. The van der Waals surface area contributed by atoms with Gasteiger partial charge in [-0.05, 0) is 30.3 Å². The summed E-state index contributed by atoms with van der Waals surface area (Å²) in [5.74, 6) is 2.26. The van der Waals surface area contributed by atoms with Crippen molar-refractivity contribution < 1.29 is 13.9 Å². The van der Waals surface area contributed by atoms with Gasteiger partial charge in [0.1, 0.15) is 23.1 Å². The fourth-order valence-corrected chi connectivity index (χ4v) is 2.28. The molecule has 0 aliphatic carbocycles. The predicted molar refractivity (Wildman–Crippen MR) is 88.1 cm³/mol. The molecule has 3 rings (SSSR count). The van der Waals surface area contributed by atoms with Crippen LogP contribution in [-0.4, -0.2) is 17.1 Å². The molecule has 0 bridgehead atoms.